The monoisotopic (exact) mass is 235 g/mol. The van der Waals surface area contributed by atoms with Crippen LogP contribution in [0.25, 0.3) is 0 Å². The summed E-state index contributed by atoms with van der Waals surface area (Å²) < 4.78 is 0. The van der Waals surface area contributed by atoms with Gasteiger partial charge >= 0.3 is 0 Å². The molecule has 0 aliphatic carbocycles. The van der Waals surface area contributed by atoms with Crippen LogP contribution in [0.2, 0.25) is 0 Å². The quantitative estimate of drug-likeness (QED) is 0.822. The summed E-state index contributed by atoms with van der Waals surface area (Å²) in [5.41, 5.74) is 8.25. The molecule has 3 nitrogen and oxygen atoms in total. The molecule has 0 aliphatic heterocycles. The van der Waals surface area contributed by atoms with Crippen molar-refractivity contribution in [2.45, 2.75) is 33.7 Å². The summed E-state index contributed by atoms with van der Waals surface area (Å²) >= 11 is 0. The Morgan fingerprint density at radius 1 is 1.41 bits per heavy atom. The molecule has 0 fully saturated rings. The van der Waals surface area contributed by atoms with E-state index in [-0.39, 0.29) is 5.41 Å². The van der Waals surface area contributed by atoms with Crippen molar-refractivity contribution in [2.24, 2.45) is 11.1 Å². The molecule has 0 bridgehead atoms. The first-order valence-corrected chi connectivity index (χ1v) is 6.30. The number of hydrogen-bond donors (Lipinski definition) is 1. The number of nitrogens with two attached hydrogens (primary N) is 1. The molecule has 1 rings (SSSR count). The van der Waals surface area contributed by atoms with Gasteiger partial charge in [0.05, 0.1) is 5.69 Å². The van der Waals surface area contributed by atoms with Crippen molar-refractivity contribution in [3.05, 3.63) is 29.6 Å². The zero-order chi connectivity index (χ0) is 12.9. The van der Waals surface area contributed by atoms with E-state index in [2.05, 4.69) is 42.9 Å². The fraction of sp³-hybridized carbons (Fsp3) is 0.643. The van der Waals surface area contributed by atoms with E-state index in [0.717, 1.165) is 37.4 Å². The number of rotatable bonds is 6. The fourth-order valence-electron chi connectivity index (χ4n) is 1.99. The molecular weight excluding hydrogens is 210 g/mol. The molecule has 0 amide bonds. The second kappa shape index (κ2) is 6.12. The Balaban J connectivity index is 2.58. The highest BCUT2D eigenvalue weighted by Gasteiger charge is 2.22. The molecule has 1 unspecified atom stereocenters. The van der Waals surface area contributed by atoms with E-state index in [9.17, 15) is 0 Å². The van der Waals surface area contributed by atoms with E-state index < -0.39 is 0 Å². The van der Waals surface area contributed by atoms with Crippen LogP contribution in [0.15, 0.2) is 18.2 Å². The fourth-order valence-corrected chi connectivity index (χ4v) is 1.99. The van der Waals surface area contributed by atoms with Crippen LogP contribution in [0.5, 0.6) is 0 Å². The van der Waals surface area contributed by atoms with Gasteiger partial charge in [-0.05, 0) is 44.5 Å². The van der Waals surface area contributed by atoms with E-state index in [1.165, 1.54) is 0 Å². The first-order chi connectivity index (χ1) is 7.99. The van der Waals surface area contributed by atoms with E-state index in [1.54, 1.807) is 0 Å². The molecule has 1 aromatic rings. The van der Waals surface area contributed by atoms with Gasteiger partial charge in [-0.1, -0.05) is 19.9 Å². The van der Waals surface area contributed by atoms with Crippen molar-refractivity contribution in [1.29, 1.82) is 0 Å². The summed E-state index contributed by atoms with van der Waals surface area (Å²) in [5.74, 6) is 0. The molecule has 0 radical (unpaired) electrons. The Bertz CT molecular complexity index is 345. The zero-order valence-corrected chi connectivity index (χ0v) is 11.5. The third-order valence-corrected chi connectivity index (χ3v) is 3.38. The van der Waals surface area contributed by atoms with Crippen LogP contribution in [0.4, 0.5) is 0 Å². The van der Waals surface area contributed by atoms with E-state index in [1.807, 2.05) is 13.0 Å². The van der Waals surface area contributed by atoms with E-state index in [4.69, 9.17) is 5.73 Å². The Morgan fingerprint density at radius 3 is 2.65 bits per heavy atom. The van der Waals surface area contributed by atoms with Gasteiger partial charge in [0, 0.05) is 18.8 Å². The Hall–Kier alpha value is -0.930. The standard InChI is InChI=1S/C14H25N3/c1-5-14(3,10-15)11-17(4)9-13-8-6-7-12(2)16-13/h6-8H,5,9-11,15H2,1-4H3. The smallest absolute Gasteiger partial charge is 0.0547 e. The molecule has 1 aromatic heterocycles. The van der Waals surface area contributed by atoms with Crippen LogP contribution in [-0.4, -0.2) is 30.0 Å². The van der Waals surface area contributed by atoms with Crippen LogP contribution in [0, 0.1) is 12.3 Å². The molecule has 2 N–H and O–H groups in total. The first kappa shape index (κ1) is 14.1. The molecule has 0 saturated carbocycles. The number of aromatic nitrogens is 1. The van der Waals surface area contributed by atoms with Crippen molar-refractivity contribution in [2.75, 3.05) is 20.1 Å². The van der Waals surface area contributed by atoms with E-state index in [0.29, 0.717) is 0 Å². The second-order valence-electron chi connectivity index (χ2n) is 5.31. The van der Waals surface area contributed by atoms with Crippen LogP contribution in [0.1, 0.15) is 31.7 Å². The van der Waals surface area contributed by atoms with Crippen molar-refractivity contribution in [1.82, 2.24) is 9.88 Å². The summed E-state index contributed by atoms with van der Waals surface area (Å²) in [6.07, 6.45) is 1.11. The lowest BCUT2D eigenvalue weighted by molar-refractivity contribution is 0.185. The molecule has 0 aliphatic rings. The third-order valence-electron chi connectivity index (χ3n) is 3.38. The number of pyridine rings is 1. The summed E-state index contributed by atoms with van der Waals surface area (Å²) in [4.78, 5) is 6.83. The molecule has 1 atom stereocenters. The summed E-state index contributed by atoms with van der Waals surface area (Å²) in [7, 11) is 2.13. The predicted molar refractivity (Wildman–Crippen MR) is 72.8 cm³/mol. The normalized spacial score (nSPS) is 14.9. The lowest BCUT2D eigenvalue weighted by Crippen LogP contribution is -2.38. The van der Waals surface area contributed by atoms with Gasteiger partial charge in [0.25, 0.3) is 0 Å². The minimum atomic E-state index is 0.207. The average Bonchev–Trinajstić information content (AvgIpc) is 2.28. The van der Waals surface area contributed by atoms with Crippen molar-refractivity contribution >= 4 is 0 Å². The SMILES string of the molecule is CCC(C)(CN)CN(C)Cc1cccc(C)n1. The molecule has 3 heteroatoms. The van der Waals surface area contributed by atoms with Crippen molar-refractivity contribution < 1.29 is 0 Å². The Kier molecular flexibility index (Phi) is 5.09. The highest BCUT2D eigenvalue weighted by atomic mass is 15.1. The first-order valence-electron chi connectivity index (χ1n) is 6.30. The number of nitrogens with zero attached hydrogens (tertiary/aromatic N) is 2. The highest BCUT2D eigenvalue weighted by Crippen LogP contribution is 2.20. The van der Waals surface area contributed by atoms with Crippen LogP contribution >= 0.6 is 0 Å². The van der Waals surface area contributed by atoms with Gasteiger partial charge in [0.2, 0.25) is 0 Å². The number of aryl methyl sites for hydroxylation is 1. The molecule has 0 saturated heterocycles. The van der Waals surface area contributed by atoms with E-state index >= 15 is 0 Å². The maximum atomic E-state index is 5.84. The molecule has 1 heterocycles. The Labute approximate surface area is 105 Å². The predicted octanol–water partition coefficient (Wildman–Crippen LogP) is 2.20. The average molecular weight is 235 g/mol. The van der Waals surface area contributed by atoms with Crippen molar-refractivity contribution in [3.8, 4) is 0 Å². The maximum Gasteiger partial charge on any atom is 0.0547 e. The van der Waals surface area contributed by atoms with Crippen LogP contribution < -0.4 is 5.73 Å². The summed E-state index contributed by atoms with van der Waals surface area (Å²) in [5, 5.41) is 0. The molecule has 0 aromatic carbocycles. The molecule has 17 heavy (non-hydrogen) atoms. The van der Waals surface area contributed by atoms with Gasteiger partial charge in [-0.15, -0.1) is 0 Å². The van der Waals surface area contributed by atoms with Gasteiger partial charge in [-0.2, -0.15) is 0 Å². The molecule has 96 valence electrons. The maximum absolute atomic E-state index is 5.84. The molecule has 0 spiro atoms. The van der Waals surface area contributed by atoms with Gasteiger partial charge in [-0.25, -0.2) is 0 Å². The van der Waals surface area contributed by atoms with Gasteiger partial charge in [0.1, 0.15) is 0 Å². The topological polar surface area (TPSA) is 42.1 Å². The van der Waals surface area contributed by atoms with Crippen LogP contribution in [0.3, 0.4) is 0 Å². The van der Waals surface area contributed by atoms with Gasteiger partial charge in [-0.3, -0.25) is 9.88 Å². The largest absolute Gasteiger partial charge is 0.330 e. The zero-order valence-electron chi connectivity index (χ0n) is 11.5. The number of hydrogen-bond acceptors (Lipinski definition) is 3. The summed E-state index contributed by atoms with van der Waals surface area (Å²) in [6, 6.07) is 6.17. The second-order valence-corrected chi connectivity index (χ2v) is 5.31. The van der Waals surface area contributed by atoms with Gasteiger partial charge in [0.15, 0.2) is 0 Å². The highest BCUT2D eigenvalue weighted by molar-refractivity contribution is 5.09. The minimum Gasteiger partial charge on any atom is -0.330 e. The lowest BCUT2D eigenvalue weighted by atomic mass is 9.87. The van der Waals surface area contributed by atoms with Crippen LogP contribution in [-0.2, 0) is 6.54 Å². The summed E-state index contributed by atoms with van der Waals surface area (Å²) in [6.45, 7) is 9.10. The Morgan fingerprint density at radius 2 is 2.12 bits per heavy atom. The molecular formula is C14H25N3. The minimum absolute atomic E-state index is 0.207. The van der Waals surface area contributed by atoms with Gasteiger partial charge < -0.3 is 5.73 Å². The third kappa shape index (κ3) is 4.44. The lowest BCUT2D eigenvalue weighted by Gasteiger charge is -2.31. The van der Waals surface area contributed by atoms with Crippen molar-refractivity contribution in [3.63, 3.8) is 0 Å².